The monoisotopic (exact) mass is 456 g/mol. The van der Waals surface area contributed by atoms with Gasteiger partial charge in [-0.05, 0) is 124 Å². The summed E-state index contributed by atoms with van der Waals surface area (Å²) in [6.07, 6.45) is 9.26. The summed E-state index contributed by atoms with van der Waals surface area (Å²) in [7, 11) is 0. The number of alkyl halides is 3. The Hall–Kier alpha value is -0.290. The van der Waals surface area contributed by atoms with Crippen LogP contribution in [0.2, 0.25) is 0 Å². The van der Waals surface area contributed by atoms with E-state index in [9.17, 15) is 23.4 Å². The van der Waals surface area contributed by atoms with Gasteiger partial charge in [0.15, 0.2) is 5.60 Å². The minimum absolute atomic E-state index is 0.00101. The van der Waals surface area contributed by atoms with E-state index >= 15 is 0 Å². The van der Waals surface area contributed by atoms with E-state index in [1.165, 1.54) is 32.1 Å². The zero-order valence-electron chi connectivity index (χ0n) is 20.0. The molecule has 5 rings (SSSR count). The zero-order chi connectivity index (χ0) is 23.0. The molecule has 0 bridgehead atoms. The van der Waals surface area contributed by atoms with Crippen LogP contribution < -0.4 is 0 Å². The lowest BCUT2D eigenvalue weighted by Gasteiger charge is -2.62. The molecule has 0 aromatic heterocycles. The number of unbranched alkanes of at least 4 members (excludes halogenated alkanes) is 1. The Bertz CT molecular complexity index is 718. The lowest BCUT2D eigenvalue weighted by Crippen LogP contribution is -2.59. The van der Waals surface area contributed by atoms with E-state index in [1.54, 1.807) is 0 Å². The fraction of sp³-hybridized carbons (Fsp3) is 1.00. The molecule has 0 aromatic rings. The molecule has 0 unspecified atom stereocenters. The molecule has 184 valence electrons. The van der Waals surface area contributed by atoms with Crippen molar-refractivity contribution < 1.29 is 23.4 Å². The molecule has 32 heavy (non-hydrogen) atoms. The maximum absolute atomic E-state index is 13.5. The predicted molar refractivity (Wildman–Crippen MR) is 119 cm³/mol. The first kappa shape index (κ1) is 23.5. The van der Waals surface area contributed by atoms with Gasteiger partial charge in [0.1, 0.15) is 0 Å². The number of hydrogen-bond acceptors (Lipinski definition) is 2. The molecule has 0 spiro atoms. The summed E-state index contributed by atoms with van der Waals surface area (Å²) >= 11 is 0. The Kier molecular flexibility index (Phi) is 5.57. The van der Waals surface area contributed by atoms with Gasteiger partial charge >= 0.3 is 6.18 Å². The Morgan fingerprint density at radius 3 is 2.19 bits per heavy atom. The highest BCUT2D eigenvalue weighted by Gasteiger charge is 2.64. The van der Waals surface area contributed by atoms with Crippen LogP contribution in [0.15, 0.2) is 0 Å². The standard InChI is InChI=1S/C27H43F3O2/c1-23-12-10-22-20(21(23)9-7-18(23)5-3-4-11-25(31)14-15-25)8-6-19-17-26(32,27(28,29)30)16-13-24(19,22)2/h18-22,31-32H,3-17H2,1-2H3/t18-,19+,20+,21+,22+,23-,24+,26+/m1/s1. The van der Waals surface area contributed by atoms with E-state index in [1.807, 2.05) is 0 Å². The van der Waals surface area contributed by atoms with Crippen molar-refractivity contribution in [2.75, 3.05) is 0 Å². The highest BCUT2D eigenvalue weighted by molar-refractivity contribution is 5.11. The number of hydrogen-bond donors (Lipinski definition) is 2. The van der Waals surface area contributed by atoms with E-state index in [2.05, 4.69) is 13.8 Å². The van der Waals surface area contributed by atoms with E-state index < -0.39 is 11.8 Å². The Morgan fingerprint density at radius 1 is 0.781 bits per heavy atom. The van der Waals surface area contributed by atoms with Crippen molar-refractivity contribution in [1.82, 2.24) is 0 Å². The quantitative estimate of drug-likeness (QED) is 0.436. The summed E-state index contributed by atoms with van der Waals surface area (Å²) in [5.74, 6) is 2.68. The van der Waals surface area contributed by atoms with Crippen LogP contribution in [0.4, 0.5) is 13.2 Å². The summed E-state index contributed by atoms with van der Waals surface area (Å²) < 4.78 is 40.6. The van der Waals surface area contributed by atoms with Crippen molar-refractivity contribution in [3.8, 4) is 0 Å². The van der Waals surface area contributed by atoms with Gasteiger partial charge in [-0.3, -0.25) is 0 Å². The fourth-order valence-corrected chi connectivity index (χ4v) is 9.33. The van der Waals surface area contributed by atoms with Gasteiger partial charge in [0.05, 0.1) is 5.60 Å². The molecule has 2 nitrogen and oxygen atoms in total. The van der Waals surface area contributed by atoms with Crippen LogP contribution in [0.5, 0.6) is 0 Å². The van der Waals surface area contributed by atoms with Crippen molar-refractivity contribution >= 4 is 0 Å². The lowest BCUT2D eigenvalue weighted by atomic mass is 9.43. The molecule has 8 atom stereocenters. The normalized spacial score (nSPS) is 49.8. The van der Waals surface area contributed by atoms with Crippen molar-refractivity contribution in [2.24, 2.45) is 40.4 Å². The van der Waals surface area contributed by atoms with Crippen molar-refractivity contribution in [3.63, 3.8) is 0 Å². The van der Waals surface area contributed by atoms with Gasteiger partial charge in [0.25, 0.3) is 0 Å². The Balaban J connectivity index is 1.24. The highest BCUT2D eigenvalue weighted by Crippen LogP contribution is 2.69. The zero-order valence-corrected chi connectivity index (χ0v) is 20.0. The summed E-state index contributed by atoms with van der Waals surface area (Å²) in [4.78, 5) is 0. The van der Waals surface area contributed by atoms with Gasteiger partial charge < -0.3 is 10.2 Å². The summed E-state index contributed by atoms with van der Waals surface area (Å²) in [5.41, 5.74) is -2.45. The molecule has 5 aliphatic carbocycles. The Labute approximate surface area is 191 Å². The number of halogens is 3. The van der Waals surface area contributed by atoms with E-state index in [0.717, 1.165) is 56.8 Å². The summed E-state index contributed by atoms with van der Waals surface area (Å²) in [6, 6.07) is 0. The van der Waals surface area contributed by atoms with Gasteiger partial charge in [-0.25, -0.2) is 0 Å². The maximum atomic E-state index is 13.5. The molecule has 5 aliphatic rings. The van der Waals surface area contributed by atoms with Crippen molar-refractivity contribution in [2.45, 2.75) is 128 Å². The first-order valence-electron chi connectivity index (χ1n) is 13.4. The molecule has 5 saturated carbocycles. The summed E-state index contributed by atoms with van der Waals surface area (Å²) in [6.45, 7) is 4.79. The second-order valence-corrected chi connectivity index (χ2v) is 13.2. The highest BCUT2D eigenvalue weighted by atomic mass is 19.4. The molecule has 0 heterocycles. The minimum atomic E-state index is -4.51. The summed E-state index contributed by atoms with van der Waals surface area (Å²) in [5, 5.41) is 20.5. The van der Waals surface area contributed by atoms with Gasteiger partial charge in [-0.15, -0.1) is 0 Å². The molecule has 0 radical (unpaired) electrons. The second-order valence-electron chi connectivity index (χ2n) is 13.2. The third kappa shape index (κ3) is 3.67. The van der Waals surface area contributed by atoms with Crippen LogP contribution in [0.3, 0.4) is 0 Å². The smallest absolute Gasteiger partial charge is 0.390 e. The second kappa shape index (κ2) is 7.60. The number of fused-ring (bicyclic) bond motifs is 5. The topological polar surface area (TPSA) is 40.5 Å². The van der Waals surface area contributed by atoms with Crippen LogP contribution in [0.25, 0.3) is 0 Å². The van der Waals surface area contributed by atoms with E-state index in [-0.39, 0.29) is 29.8 Å². The maximum Gasteiger partial charge on any atom is 0.417 e. The van der Waals surface area contributed by atoms with Crippen molar-refractivity contribution in [3.05, 3.63) is 0 Å². The first-order valence-corrected chi connectivity index (χ1v) is 13.4. The number of rotatable bonds is 5. The first-order chi connectivity index (χ1) is 14.9. The van der Waals surface area contributed by atoms with Crippen molar-refractivity contribution in [1.29, 1.82) is 0 Å². The molecule has 5 fully saturated rings. The van der Waals surface area contributed by atoms with Gasteiger partial charge in [-0.2, -0.15) is 13.2 Å². The Morgan fingerprint density at radius 2 is 1.50 bits per heavy atom. The molecule has 5 heteroatoms. The molecule has 0 saturated heterocycles. The van der Waals surface area contributed by atoms with E-state index in [4.69, 9.17) is 0 Å². The minimum Gasteiger partial charge on any atom is -0.390 e. The van der Waals surface area contributed by atoms with Crippen LogP contribution in [0, 0.1) is 40.4 Å². The average Bonchev–Trinajstić information content (AvgIpc) is 3.35. The predicted octanol–water partition coefficient (Wildman–Crippen LogP) is 7.02. The van der Waals surface area contributed by atoms with Crippen LogP contribution in [-0.2, 0) is 0 Å². The number of aliphatic hydroxyl groups is 2. The van der Waals surface area contributed by atoms with Gasteiger partial charge in [-0.1, -0.05) is 26.7 Å². The van der Waals surface area contributed by atoms with Crippen LogP contribution in [-0.4, -0.2) is 27.6 Å². The van der Waals surface area contributed by atoms with Crippen LogP contribution >= 0.6 is 0 Å². The third-order valence-corrected chi connectivity index (χ3v) is 11.7. The van der Waals surface area contributed by atoms with E-state index in [0.29, 0.717) is 23.7 Å². The third-order valence-electron chi connectivity index (χ3n) is 11.7. The molecular weight excluding hydrogens is 413 g/mol. The largest absolute Gasteiger partial charge is 0.417 e. The molecule has 0 aliphatic heterocycles. The molecule has 2 N–H and O–H groups in total. The molecule has 0 aromatic carbocycles. The molecular formula is C27H43F3O2. The SMILES string of the molecule is C[C@]12CC[C@@](O)(C(F)(F)F)C[C@@H]1CC[C@@H]1[C@@H]2CC[C@]2(C)[C@H](CCCCC3(O)CC3)CC[C@@H]12. The van der Waals surface area contributed by atoms with Crippen LogP contribution in [0.1, 0.15) is 110 Å². The lowest BCUT2D eigenvalue weighted by molar-refractivity contribution is -0.290. The average molecular weight is 457 g/mol. The molecule has 0 amide bonds. The van der Waals surface area contributed by atoms with Gasteiger partial charge in [0.2, 0.25) is 0 Å². The van der Waals surface area contributed by atoms with Gasteiger partial charge in [0, 0.05) is 0 Å². The fourth-order valence-electron chi connectivity index (χ4n) is 9.33.